The van der Waals surface area contributed by atoms with Crippen LogP contribution in [0, 0.1) is 17.8 Å². The zero-order valence-electron chi connectivity index (χ0n) is 9.00. The minimum absolute atomic E-state index is 0.446. The second-order valence-electron chi connectivity index (χ2n) is 4.37. The summed E-state index contributed by atoms with van der Waals surface area (Å²) in [4.78, 5) is 0. The lowest BCUT2D eigenvalue weighted by molar-refractivity contribution is -0.125. The summed E-state index contributed by atoms with van der Waals surface area (Å²) >= 11 is 0. The fourth-order valence-electron chi connectivity index (χ4n) is 2.24. The second-order valence-corrected chi connectivity index (χ2v) is 4.37. The first-order valence-corrected chi connectivity index (χ1v) is 5.23. The van der Waals surface area contributed by atoms with Crippen molar-refractivity contribution in [2.24, 2.45) is 17.8 Å². The predicted molar refractivity (Wildman–Crippen MR) is 52.1 cm³/mol. The van der Waals surface area contributed by atoms with E-state index in [1.807, 2.05) is 0 Å². The highest BCUT2D eigenvalue weighted by molar-refractivity contribution is 4.83. The van der Waals surface area contributed by atoms with E-state index in [0.717, 1.165) is 18.3 Å². The number of ether oxygens (including phenoxy) is 1. The SMILES string of the molecule is CCC1O[C@@H](C)[C@H](C)C(C)[C@H]1C. The van der Waals surface area contributed by atoms with Crippen LogP contribution in [0.15, 0.2) is 0 Å². The van der Waals surface area contributed by atoms with Gasteiger partial charge in [0, 0.05) is 0 Å². The maximum atomic E-state index is 5.93. The van der Waals surface area contributed by atoms with E-state index in [-0.39, 0.29) is 0 Å². The molecule has 0 N–H and O–H groups in total. The van der Waals surface area contributed by atoms with Crippen LogP contribution in [-0.4, -0.2) is 12.2 Å². The van der Waals surface area contributed by atoms with Crippen molar-refractivity contribution in [3.63, 3.8) is 0 Å². The molecule has 12 heavy (non-hydrogen) atoms. The molecule has 0 saturated carbocycles. The smallest absolute Gasteiger partial charge is 0.0604 e. The van der Waals surface area contributed by atoms with Crippen LogP contribution < -0.4 is 0 Å². The van der Waals surface area contributed by atoms with Gasteiger partial charge in [-0.3, -0.25) is 0 Å². The third-order valence-corrected chi connectivity index (χ3v) is 3.78. The van der Waals surface area contributed by atoms with Crippen LogP contribution in [0.2, 0.25) is 0 Å². The third kappa shape index (κ3) is 1.66. The topological polar surface area (TPSA) is 9.23 Å². The molecule has 1 aliphatic heterocycles. The lowest BCUT2D eigenvalue weighted by atomic mass is 9.76. The van der Waals surface area contributed by atoms with Crippen molar-refractivity contribution in [1.82, 2.24) is 0 Å². The van der Waals surface area contributed by atoms with Crippen molar-refractivity contribution in [3.8, 4) is 0 Å². The van der Waals surface area contributed by atoms with Crippen LogP contribution in [0.4, 0.5) is 0 Å². The Morgan fingerprint density at radius 3 is 2.00 bits per heavy atom. The molecule has 0 aromatic rings. The summed E-state index contributed by atoms with van der Waals surface area (Å²) in [6.45, 7) is 11.4. The van der Waals surface area contributed by atoms with E-state index in [2.05, 4.69) is 34.6 Å². The standard InChI is InChI=1S/C11H22O/c1-6-11-9(4)7(2)8(3)10(5)12-11/h7-11H,6H2,1-5H3/t7?,8-,9-,10+,11?/m1/s1. The van der Waals surface area contributed by atoms with Crippen molar-refractivity contribution in [3.05, 3.63) is 0 Å². The van der Waals surface area contributed by atoms with Gasteiger partial charge in [-0.15, -0.1) is 0 Å². The van der Waals surface area contributed by atoms with Crippen LogP contribution in [0.25, 0.3) is 0 Å². The first kappa shape index (κ1) is 10.0. The summed E-state index contributed by atoms with van der Waals surface area (Å²) in [7, 11) is 0. The number of hydrogen-bond acceptors (Lipinski definition) is 1. The first-order chi connectivity index (χ1) is 5.57. The van der Waals surface area contributed by atoms with E-state index in [1.165, 1.54) is 0 Å². The van der Waals surface area contributed by atoms with Gasteiger partial charge in [-0.25, -0.2) is 0 Å². The molecule has 0 aromatic heterocycles. The van der Waals surface area contributed by atoms with Crippen LogP contribution in [0.3, 0.4) is 0 Å². The first-order valence-electron chi connectivity index (χ1n) is 5.23. The number of hydrogen-bond donors (Lipinski definition) is 0. The average Bonchev–Trinajstić information content (AvgIpc) is 2.08. The van der Waals surface area contributed by atoms with Gasteiger partial charge in [0.25, 0.3) is 0 Å². The van der Waals surface area contributed by atoms with E-state index in [0.29, 0.717) is 18.1 Å². The van der Waals surface area contributed by atoms with Gasteiger partial charge >= 0.3 is 0 Å². The lowest BCUT2D eigenvalue weighted by Gasteiger charge is -2.42. The van der Waals surface area contributed by atoms with Crippen LogP contribution in [0.1, 0.15) is 41.0 Å². The van der Waals surface area contributed by atoms with E-state index >= 15 is 0 Å². The highest BCUT2D eigenvalue weighted by Gasteiger charge is 2.35. The number of rotatable bonds is 1. The Morgan fingerprint density at radius 1 is 0.917 bits per heavy atom. The molecule has 72 valence electrons. The van der Waals surface area contributed by atoms with E-state index in [1.54, 1.807) is 0 Å². The Labute approximate surface area is 76.5 Å². The van der Waals surface area contributed by atoms with Gasteiger partial charge in [0.05, 0.1) is 12.2 Å². The molecule has 1 aliphatic rings. The van der Waals surface area contributed by atoms with E-state index < -0.39 is 0 Å². The van der Waals surface area contributed by atoms with Gasteiger partial charge in [0.15, 0.2) is 0 Å². The summed E-state index contributed by atoms with van der Waals surface area (Å²) in [6.07, 6.45) is 2.09. The van der Waals surface area contributed by atoms with E-state index in [9.17, 15) is 0 Å². The quantitative estimate of drug-likeness (QED) is 0.587. The summed E-state index contributed by atoms with van der Waals surface area (Å²) < 4.78 is 5.93. The van der Waals surface area contributed by atoms with Gasteiger partial charge in [0.2, 0.25) is 0 Å². The molecule has 1 saturated heterocycles. The fourth-order valence-corrected chi connectivity index (χ4v) is 2.24. The monoisotopic (exact) mass is 170 g/mol. The average molecular weight is 170 g/mol. The van der Waals surface area contributed by atoms with Gasteiger partial charge in [-0.05, 0) is 31.1 Å². The largest absolute Gasteiger partial charge is 0.375 e. The van der Waals surface area contributed by atoms with E-state index in [4.69, 9.17) is 4.74 Å². The molecule has 2 unspecified atom stereocenters. The van der Waals surface area contributed by atoms with Crippen LogP contribution in [-0.2, 0) is 4.74 Å². The maximum Gasteiger partial charge on any atom is 0.0604 e. The van der Waals surface area contributed by atoms with Crippen molar-refractivity contribution in [2.45, 2.75) is 53.2 Å². The van der Waals surface area contributed by atoms with Crippen molar-refractivity contribution < 1.29 is 4.74 Å². The van der Waals surface area contributed by atoms with Gasteiger partial charge < -0.3 is 4.74 Å². The molecular formula is C11H22O. The third-order valence-electron chi connectivity index (χ3n) is 3.78. The molecule has 1 nitrogen and oxygen atoms in total. The zero-order valence-corrected chi connectivity index (χ0v) is 9.00. The molecule has 5 atom stereocenters. The summed E-state index contributed by atoms with van der Waals surface area (Å²) in [6, 6.07) is 0. The second kappa shape index (κ2) is 3.78. The minimum Gasteiger partial charge on any atom is -0.375 e. The summed E-state index contributed by atoms with van der Waals surface area (Å²) in [5, 5.41) is 0. The fraction of sp³-hybridized carbons (Fsp3) is 1.00. The van der Waals surface area contributed by atoms with Crippen molar-refractivity contribution in [1.29, 1.82) is 0 Å². The van der Waals surface area contributed by atoms with Crippen LogP contribution >= 0.6 is 0 Å². The molecule has 1 heterocycles. The minimum atomic E-state index is 0.446. The normalized spacial score (nSPS) is 49.2. The maximum absolute atomic E-state index is 5.93. The predicted octanol–water partition coefficient (Wildman–Crippen LogP) is 3.09. The Hall–Kier alpha value is -0.0400. The Morgan fingerprint density at radius 2 is 1.50 bits per heavy atom. The zero-order chi connectivity index (χ0) is 9.30. The molecule has 0 amide bonds. The highest BCUT2D eigenvalue weighted by atomic mass is 16.5. The van der Waals surface area contributed by atoms with Gasteiger partial charge in [0.1, 0.15) is 0 Å². The van der Waals surface area contributed by atoms with Crippen molar-refractivity contribution in [2.75, 3.05) is 0 Å². The van der Waals surface area contributed by atoms with Gasteiger partial charge in [-0.2, -0.15) is 0 Å². The molecule has 0 aliphatic carbocycles. The Kier molecular flexibility index (Phi) is 3.16. The van der Waals surface area contributed by atoms with Crippen molar-refractivity contribution >= 4 is 0 Å². The summed E-state index contributed by atoms with van der Waals surface area (Å²) in [5.41, 5.74) is 0. The lowest BCUT2D eigenvalue weighted by Crippen LogP contribution is -2.42. The molecule has 0 spiro atoms. The Balaban J connectivity index is 2.63. The summed E-state index contributed by atoms with van der Waals surface area (Å²) in [5.74, 6) is 2.24. The molecule has 0 radical (unpaired) electrons. The molecule has 0 bridgehead atoms. The molecule has 1 heteroatoms. The highest BCUT2D eigenvalue weighted by Crippen LogP contribution is 2.35. The molecule has 1 rings (SSSR count). The molecular weight excluding hydrogens is 148 g/mol. The van der Waals surface area contributed by atoms with Gasteiger partial charge in [-0.1, -0.05) is 27.7 Å². The molecule has 0 aromatic carbocycles. The Bertz CT molecular complexity index is 139. The van der Waals surface area contributed by atoms with Crippen LogP contribution in [0.5, 0.6) is 0 Å². The molecule has 1 fully saturated rings.